The van der Waals surface area contributed by atoms with Crippen LogP contribution < -0.4 is 20.5 Å². The van der Waals surface area contributed by atoms with Gasteiger partial charge in [0.1, 0.15) is 13.2 Å². The maximum atomic E-state index is 12.5. The number of rotatable bonds is 6. The molecule has 1 fully saturated rings. The number of fused-ring (bicyclic) bond motifs is 1. The largest absolute Gasteiger partial charge is 0.486 e. The molecule has 3 N–H and O–H groups in total. The predicted octanol–water partition coefficient (Wildman–Crippen LogP) is 3.24. The van der Waals surface area contributed by atoms with Crippen molar-refractivity contribution in [3.63, 3.8) is 0 Å². The molecule has 136 valence electrons. The number of carbonyl (C=O) groups excluding carboxylic acids is 1. The SMILES string of the molecule is Nc1ccccc1CCC(=O)NC(c1ccc2c(c1)OCCO2)C1CC1. The number of ether oxygens (including phenoxy) is 2. The number of nitrogen functional groups attached to an aromatic ring is 1. The van der Waals surface area contributed by atoms with Crippen molar-refractivity contribution < 1.29 is 14.3 Å². The second-order valence-corrected chi connectivity index (χ2v) is 6.98. The Bertz CT molecular complexity index is 802. The van der Waals surface area contributed by atoms with Crippen molar-refractivity contribution in [3.05, 3.63) is 53.6 Å². The van der Waals surface area contributed by atoms with Crippen LogP contribution in [-0.2, 0) is 11.2 Å². The lowest BCUT2D eigenvalue weighted by atomic mass is 10.0. The van der Waals surface area contributed by atoms with Gasteiger partial charge >= 0.3 is 0 Å². The number of benzene rings is 2. The van der Waals surface area contributed by atoms with Gasteiger partial charge in [0.25, 0.3) is 0 Å². The lowest BCUT2D eigenvalue weighted by molar-refractivity contribution is -0.122. The minimum atomic E-state index is 0.0337. The molecule has 0 spiro atoms. The summed E-state index contributed by atoms with van der Waals surface area (Å²) in [4.78, 5) is 12.5. The van der Waals surface area contributed by atoms with E-state index in [-0.39, 0.29) is 11.9 Å². The topological polar surface area (TPSA) is 73.6 Å². The van der Waals surface area contributed by atoms with Crippen LogP contribution in [0, 0.1) is 5.92 Å². The van der Waals surface area contributed by atoms with Crippen LogP contribution in [-0.4, -0.2) is 19.1 Å². The van der Waals surface area contributed by atoms with Gasteiger partial charge in [-0.2, -0.15) is 0 Å². The average molecular weight is 352 g/mol. The Labute approximate surface area is 153 Å². The second kappa shape index (κ2) is 7.28. The van der Waals surface area contributed by atoms with Crippen LogP contribution in [0.15, 0.2) is 42.5 Å². The molecule has 2 aliphatic rings. The third-order valence-electron chi connectivity index (χ3n) is 5.01. The van der Waals surface area contributed by atoms with Crippen LogP contribution in [0.2, 0.25) is 0 Å². The van der Waals surface area contributed by atoms with Crippen LogP contribution in [0.25, 0.3) is 0 Å². The average Bonchev–Trinajstić information content (AvgIpc) is 3.50. The van der Waals surface area contributed by atoms with Gasteiger partial charge in [0.2, 0.25) is 5.91 Å². The first-order valence-electron chi connectivity index (χ1n) is 9.23. The van der Waals surface area contributed by atoms with Gasteiger partial charge in [0.05, 0.1) is 6.04 Å². The molecule has 0 aromatic heterocycles. The summed E-state index contributed by atoms with van der Waals surface area (Å²) in [5, 5.41) is 3.22. The lowest BCUT2D eigenvalue weighted by Crippen LogP contribution is -2.30. The minimum Gasteiger partial charge on any atom is -0.486 e. The number of nitrogens with two attached hydrogens (primary N) is 1. The van der Waals surface area contributed by atoms with Crippen molar-refractivity contribution in [1.29, 1.82) is 0 Å². The van der Waals surface area contributed by atoms with Gasteiger partial charge in [0, 0.05) is 12.1 Å². The van der Waals surface area contributed by atoms with Crippen molar-refractivity contribution in [2.75, 3.05) is 18.9 Å². The fourth-order valence-corrected chi connectivity index (χ4v) is 3.41. The summed E-state index contributed by atoms with van der Waals surface area (Å²) in [5.41, 5.74) is 8.81. The Balaban J connectivity index is 1.42. The molecule has 2 aromatic carbocycles. The summed E-state index contributed by atoms with van der Waals surface area (Å²) in [6.07, 6.45) is 3.37. The summed E-state index contributed by atoms with van der Waals surface area (Å²) in [6, 6.07) is 13.7. The first-order chi connectivity index (χ1) is 12.7. The quantitative estimate of drug-likeness (QED) is 0.783. The van der Waals surface area contributed by atoms with Gasteiger partial charge in [-0.3, -0.25) is 4.79 Å². The molecule has 1 amide bonds. The standard InChI is InChI=1S/C21H24N2O3/c22-17-4-2-1-3-14(17)8-10-20(24)23-21(15-5-6-15)16-7-9-18-19(13-16)26-12-11-25-18/h1-4,7,9,13,15,21H,5-6,8,10-12,22H2,(H,23,24). The minimum absolute atomic E-state index is 0.0337. The molecule has 1 aliphatic heterocycles. The van der Waals surface area contributed by atoms with Crippen molar-refractivity contribution in [2.45, 2.75) is 31.7 Å². The normalized spacial score (nSPS) is 16.8. The van der Waals surface area contributed by atoms with E-state index in [9.17, 15) is 4.79 Å². The number of nitrogens with one attached hydrogen (secondary N) is 1. The zero-order chi connectivity index (χ0) is 17.9. The molecule has 2 aromatic rings. The predicted molar refractivity (Wildman–Crippen MR) is 100 cm³/mol. The lowest BCUT2D eigenvalue weighted by Gasteiger charge is -2.23. The van der Waals surface area contributed by atoms with Gasteiger partial charge < -0.3 is 20.5 Å². The van der Waals surface area contributed by atoms with Crippen LogP contribution in [0.4, 0.5) is 5.69 Å². The van der Waals surface area contributed by atoms with E-state index in [1.165, 1.54) is 0 Å². The summed E-state index contributed by atoms with van der Waals surface area (Å²) in [6.45, 7) is 1.15. The highest BCUT2D eigenvalue weighted by atomic mass is 16.6. The van der Waals surface area contributed by atoms with Crippen molar-refractivity contribution in [3.8, 4) is 11.5 Å². The number of para-hydroxylation sites is 1. The maximum absolute atomic E-state index is 12.5. The molecule has 0 saturated heterocycles. The van der Waals surface area contributed by atoms with E-state index in [1.54, 1.807) is 0 Å². The van der Waals surface area contributed by atoms with E-state index in [0.717, 1.165) is 41.2 Å². The van der Waals surface area contributed by atoms with E-state index in [2.05, 4.69) is 5.32 Å². The molecule has 5 nitrogen and oxygen atoms in total. The van der Waals surface area contributed by atoms with E-state index in [0.29, 0.717) is 32.0 Å². The molecule has 1 saturated carbocycles. The van der Waals surface area contributed by atoms with E-state index >= 15 is 0 Å². The number of hydrogen-bond donors (Lipinski definition) is 2. The first kappa shape index (κ1) is 16.8. The van der Waals surface area contributed by atoms with Gasteiger partial charge in [0.15, 0.2) is 11.5 Å². The second-order valence-electron chi connectivity index (χ2n) is 6.98. The van der Waals surface area contributed by atoms with E-state index in [1.807, 2.05) is 42.5 Å². The number of amides is 1. The molecular formula is C21H24N2O3. The van der Waals surface area contributed by atoms with Crippen LogP contribution >= 0.6 is 0 Å². The monoisotopic (exact) mass is 352 g/mol. The Morgan fingerprint density at radius 1 is 1.12 bits per heavy atom. The highest BCUT2D eigenvalue weighted by Crippen LogP contribution is 2.43. The number of aryl methyl sites for hydroxylation is 1. The smallest absolute Gasteiger partial charge is 0.220 e. The number of anilines is 1. The van der Waals surface area contributed by atoms with Crippen molar-refractivity contribution in [2.24, 2.45) is 5.92 Å². The molecule has 1 heterocycles. The summed E-state index contributed by atoms with van der Waals surface area (Å²) >= 11 is 0. The van der Waals surface area contributed by atoms with Gasteiger partial charge in [-0.1, -0.05) is 24.3 Å². The van der Waals surface area contributed by atoms with Gasteiger partial charge in [-0.25, -0.2) is 0 Å². The number of carbonyl (C=O) groups is 1. The fourth-order valence-electron chi connectivity index (χ4n) is 3.41. The van der Waals surface area contributed by atoms with Crippen LogP contribution in [0.3, 0.4) is 0 Å². The zero-order valence-electron chi connectivity index (χ0n) is 14.7. The first-order valence-corrected chi connectivity index (χ1v) is 9.23. The molecular weight excluding hydrogens is 328 g/mol. The molecule has 0 radical (unpaired) electrons. The van der Waals surface area contributed by atoms with Crippen LogP contribution in [0.5, 0.6) is 11.5 Å². The Morgan fingerprint density at radius 2 is 1.88 bits per heavy atom. The van der Waals surface area contributed by atoms with Crippen molar-refractivity contribution >= 4 is 11.6 Å². The fraction of sp³-hybridized carbons (Fsp3) is 0.381. The summed E-state index contributed by atoms with van der Waals surface area (Å²) < 4.78 is 11.3. The maximum Gasteiger partial charge on any atom is 0.220 e. The Kier molecular flexibility index (Phi) is 4.69. The Hall–Kier alpha value is -2.69. The molecule has 5 heteroatoms. The van der Waals surface area contributed by atoms with Gasteiger partial charge in [-0.05, 0) is 54.5 Å². The van der Waals surface area contributed by atoms with Crippen molar-refractivity contribution in [1.82, 2.24) is 5.32 Å². The van der Waals surface area contributed by atoms with Crippen LogP contribution in [0.1, 0.15) is 36.4 Å². The highest BCUT2D eigenvalue weighted by molar-refractivity contribution is 5.77. The Morgan fingerprint density at radius 3 is 2.65 bits per heavy atom. The highest BCUT2D eigenvalue weighted by Gasteiger charge is 2.34. The van der Waals surface area contributed by atoms with E-state index < -0.39 is 0 Å². The van der Waals surface area contributed by atoms with E-state index in [4.69, 9.17) is 15.2 Å². The third kappa shape index (κ3) is 3.77. The summed E-state index contributed by atoms with van der Waals surface area (Å²) in [7, 11) is 0. The molecule has 4 rings (SSSR count). The molecule has 0 bridgehead atoms. The molecule has 26 heavy (non-hydrogen) atoms. The molecule has 1 unspecified atom stereocenters. The zero-order valence-corrected chi connectivity index (χ0v) is 14.7. The molecule has 1 aliphatic carbocycles. The molecule has 1 atom stereocenters. The third-order valence-corrected chi connectivity index (χ3v) is 5.01. The summed E-state index contributed by atoms with van der Waals surface area (Å²) in [5.74, 6) is 2.11. The number of hydrogen-bond acceptors (Lipinski definition) is 4. The van der Waals surface area contributed by atoms with Gasteiger partial charge in [-0.15, -0.1) is 0 Å².